The molecule has 1 aliphatic heterocycles. The predicted molar refractivity (Wildman–Crippen MR) is 124 cm³/mol. The standard InChI is InChI=1S/C23H22ClFN4O2S/c24-16-4-3-5-17(25)20(16)19(29-11-1-2-12-29)14-27-23(31)21-18(8-13-32-21)28-22(30)15-6-9-26-10-7-15/h3-10,13,19H,1-2,11-12,14H2,(H,27,31)(H,28,30). The van der Waals surface area contributed by atoms with Crippen molar-refractivity contribution in [2.75, 3.05) is 25.0 Å². The van der Waals surface area contributed by atoms with E-state index in [2.05, 4.69) is 20.5 Å². The summed E-state index contributed by atoms with van der Waals surface area (Å²) < 4.78 is 14.6. The van der Waals surface area contributed by atoms with Crippen LogP contribution in [0.25, 0.3) is 0 Å². The average molecular weight is 473 g/mol. The van der Waals surface area contributed by atoms with Gasteiger partial charge in [-0.2, -0.15) is 0 Å². The molecule has 0 aliphatic carbocycles. The molecule has 1 saturated heterocycles. The van der Waals surface area contributed by atoms with Gasteiger partial charge in [-0.1, -0.05) is 17.7 Å². The maximum absolute atomic E-state index is 14.6. The fourth-order valence-corrected chi connectivity index (χ4v) is 4.90. The van der Waals surface area contributed by atoms with Crippen LogP contribution in [0.2, 0.25) is 5.02 Å². The van der Waals surface area contributed by atoms with E-state index in [9.17, 15) is 14.0 Å². The molecule has 32 heavy (non-hydrogen) atoms. The molecular weight excluding hydrogens is 451 g/mol. The third-order valence-corrected chi connectivity index (χ3v) is 6.68. The first-order chi connectivity index (χ1) is 15.5. The SMILES string of the molecule is O=C(Nc1ccsc1C(=O)NCC(c1c(F)cccc1Cl)N1CCCC1)c1ccncc1. The second kappa shape index (κ2) is 10.2. The van der Waals surface area contributed by atoms with Gasteiger partial charge in [0, 0.05) is 35.1 Å². The number of rotatable bonds is 7. The van der Waals surface area contributed by atoms with E-state index in [1.165, 1.54) is 29.8 Å². The molecule has 1 unspecified atom stereocenters. The van der Waals surface area contributed by atoms with E-state index in [0.717, 1.165) is 25.9 Å². The number of carbonyl (C=O) groups is 2. The van der Waals surface area contributed by atoms with Gasteiger partial charge in [-0.3, -0.25) is 19.5 Å². The lowest BCUT2D eigenvalue weighted by Crippen LogP contribution is -2.37. The van der Waals surface area contributed by atoms with Crippen molar-refractivity contribution in [1.82, 2.24) is 15.2 Å². The number of pyridine rings is 1. The molecule has 2 N–H and O–H groups in total. The van der Waals surface area contributed by atoms with Crippen molar-refractivity contribution in [1.29, 1.82) is 0 Å². The second-order valence-corrected chi connectivity index (χ2v) is 8.78. The van der Waals surface area contributed by atoms with Crippen LogP contribution in [-0.2, 0) is 0 Å². The highest BCUT2D eigenvalue weighted by Crippen LogP contribution is 2.32. The lowest BCUT2D eigenvalue weighted by atomic mass is 10.0. The van der Waals surface area contributed by atoms with E-state index in [0.29, 0.717) is 26.7 Å². The normalized spacial score (nSPS) is 14.8. The fourth-order valence-electron chi connectivity index (χ4n) is 3.85. The Morgan fingerprint density at radius 3 is 2.59 bits per heavy atom. The topological polar surface area (TPSA) is 74.3 Å². The number of carbonyl (C=O) groups excluding carboxylic acids is 2. The number of nitrogens with one attached hydrogen (secondary N) is 2. The molecule has 2 amide bonds. The van der Waals surface area contributed by atoms with Crippen molar-refractivity contribution in [3.8, 4) is 0 Å². The molecule has 4 rings (SSSR count). The molecule has 0 radical (unpaired) electrons. The number of hydrogen-bond donors (Lipinski definition) is 2. The van der Waals surface area contributed by atoms with Gasteiger partial charge in [0.05, 0.1) is 11.7 Å². The number of halogens is 2. The molecule has 1 atom stereocenters. The average Bonchev–Trinajstić information content (AvgIpc) is 3.48. The Bertz CT molecular complexity index is 1080. The van der Waals surface area contributed by atoms with Crippen LogP contribution in [0.15, 0.2) is 54.2 Å². The molecule has 2 aromatic heterocycles. The summed E-state index contributed by atoms with van der Waals surface area (Å²) in [6.45, 7) is 1.84. The molecule has 0 bridgehead atoms. The number of hydrogen-bond acceptors (Lipinski definition) is 5. The lowest BCUT2D eigenvalue weighted by Gasteiger charge is -2.29. The quantitative estimate of drug-likeness (QED) is 0.520. The molecule has 3 heterocycles. The van der Waals surface area contributed by atoms with E-state index < -0.39 is 0 Å². The van der Waals surface area contributed by atoms with Crippen molar-refractivity contribution in [3.63, 3.8) is 0 Å². The first kappa shape index (κ1) is 22.4. The van der Waals surface area contributed by atoms with Gasteiger partial charge in [0.25, 0.3) is 11.8 Å². The second-order valence-electron chi connectivity index (χ2n) is 7.46. The van der Waals surface area contributed by atoms with Crippen molar-refractivity contribution in [3.05, 3.63) is 81.0 Å². The molecular formula is C23H22ClFN4O2S. The van der Waals surface area contributed by atoms with E-state index in [-0.39, 0.29) is 30.2 Å². The summed E-state index contributed by atoms with van der Waals surface area (Å²) in [6, 6.07) is 9.13. The van der Waals surface area contributed by atoms with Crippen molar-refractivity contribution >= 4 is 40.4 Å². The molecule has 9 heteroatoms. The summed E-state index contributed by atoms with van der Waals surface area (Å²) in [5.41, 5.74) is 1.27. The molecule has 3 aromatic rings. The van der Waals surface area contributed by atoms with Gasteiger partial charge >= 0.3 is 0 Å². The number of amides is 2. The Kier molecular flexibility index (Phi) is 7.14. The van der Waals surface area contributed by atoms with Crippen LogP contribution < -0.4 is 10.6 Å². The summed E-state index contributed by atoms with van der Waals surface area (Å²) >= 11 is 7.56. The summed E-state index contributed by atoms with van der Waals surface area (Å²) in [6.07, 6.45) is 5.10. The highest BCUT2D eigenvalue weighted by atomic mass is 35.5. The minimum atomic E-state index is -0.384. The minimum Gasteiger partial charge on any atom is -0.349 e. The number of aromatic nitrogens is 1. The molecule has 1 fully saturated rings. The zero-order valence-electron chi connectivity index (χ0n) is 17.2. The largest absolute Gasteiger partial charge is 0.349 e. The fraction of sp³-hybridized carbons (Fsp3) is 0.261. The number of anilines is 1. The Morgan fingerprint density at radius 1 is 1.12 bits per heavy atom. The van der Waals surface area contributed by atoms with Crippen LogP contribution in [0.4, 0.5) is 10.1 Å². The Labute approximate surface area is 194 Å². The van der Waals surface area contributed by atoms with Gasteiger partial charge < -0.3 is 10.6 Å². The Morgan fingerprint density at radius 2 is 1.88 bits per heavy atom. The number of nitrogens with zero attached hydrogens (tertiary/aromatic N) is 2. The van der Waals surface area contributed by atoms with Gasteiger partial charge in [-0.15, -0.1) is 11.3 Å². The predicted octanol–water partition coefficient (Wildman–Crippen LogP) is 4.75. The first-order valence-corrected chi connectivity index (χ1v) is 11.6. The zero-order chi connectivity index (χ0) is 22.5. The van der Waals surface area contributed by atoms with Gasteiger partial charge in [0.1, 0.15) is 10.7 Å². The summed E-state index contributed by atoms with van der Waals surface area (Å²) in [5.74, 6) is -1.04. The van der Waals surface area contributed by atoms with Gasteiger partial charge in [-0.25, -0.2) is 4.39 Å². The van der Waals surface area contributed by atoms with E-state index in [1.54, 1.807) is 35.7 Å². The first-order valence-electron chi connectivity index (χ1n) is 10.3. The van der Waals surface area contributed by atoms with Crippen LogP contribution in [0.3, 0.4) is 0 Å². The van der Waals surface area contributed by atoms with Crippen LogP contribution in [0.5, 0.6) is 0 Å². The van der Waals surface area contributed by atoms with E-state index >= 15 is 0 Å². The Hall–Kier alpha value is -2.81. The van der Waals surface area contributed by atoms with Crippen LogP contribution >= 0.6 is 22.9 Å². The van der Waals surface area contributed by atoms with E-state index in [1.807, 2.05) is 0 Å². The maximum Gasteiger partial charge on any atom is 0.263 e. The van der Waals surface area contributed by atoms with Crippen molar-refractivity contribution in [2.45, 2.75) is 18.9 Å². The van der Waals surface area contributed by atoms with E-state index in [4.69, 9.17) is 11.6 Å². The van der Waals surface area contributed by atoms with Gasteiger partial charge in [-0.05, 0) is 61.6 Å². The molecule has 0 saturated carbocycles. The highest BCUT2D eigenvalue weighted by Gasteiger charge is 2.28. The van der Waals surface area contributed by atoms with Gasteiger partial charge in [0.15, 0.2) is 0 Å². The van der Waals surface area contributed by atoms with Crippen LogP contribution in [0, 0.1) is 5.82 Å². The number of likely N-dealkylation sites (tertiary alicyclic amines) is 1. The summed E-state index contributed by atoms with van der Waals surface area (Å²) in [7, 11) is 0. The molecule has 0 spiro atoms. The molecule has 6 nitrogen and oxygen atoms in total. The molecule has 166 valence electrons. The summed E-state index contributed by atoms with van der Waals surface area (Å²) in [4.78, 5) is 31.8. The van der Waals surface area contributed by atoms with Gasteiger partial charge in [0.2, 0.25) is 0 Å². The van der Waals surface area contributed by atoms with Crippen LogP contribution in [0.1, 0.15) is 44.5 Å². The smallest absolute Gasteiger partial charge is 0.263 e. The third-order valence-electron chi connectivity index (χ3n) is 5.43. The van der Waals surface area contributed by atoms with Crippen LogP contribution in [-0.4, -0.2) is 41.3 Å². The molecule has 1 aliphatic rings. The number of thiophene rings is 1. The highest BCUT2D eigenvalue weighted by molar-refractivity contribution is 7.12. The minimum absolute atomic E-state index is 0.203. The lowest BCUT2D eigenvalue weighted by molar-refractivity contribution is 0.0942. The Balaban J connectivity index is 1.49. The summed E-state index contributed by atoms with van der Waals surface area (Å²) in [5, 5.41) is 7.77. The number of benzene rings is 1. The third kappa shape index (κ3) is 4.98. The maximum atomic E-state index is 14.6. The monoisotopic (exact) mass is 472 g/mol. The van der Waals surface area contributed by atoms with Crippen molar-refractivity contribution in [2.24, 2.45) is 0 Å². The zero-order valence-corrected chi connectivity index (χ0v) is 18.8. The van der Waals surface area contributed by atoms with Crippen molar-refractivity contribution < 1.29 is 14.0 Å². The molecule has 1 aromatic carbocycles.